The number of pyridine rings is 1. The van der Waals surface area contributed by atoms with Gasteiger partial charge in [-0.1, -0.05) is 29.8 Å². The van der Waals surface area contributed by atoms with E-state index < -0.39 is 17.1 Å². The molecule has 0 atom stereocenters. The highest BCUT2D eigenvalue weighted by molar-refractivity contribution is 7.22. The summed E-state index contributed by atoms with van der Waals surface area (Å²) in [5, 5.41) is 9.54. The maximum absolute atomic E-state index is 14.1. The highest BCUT2D eigenvalue weighted by Crippen LogP contribution is 2.35. The van der Waals surface area contributed by atoms with Crippen molar-refractivity contribution in [2.24, 2.45) is 0 Å². The van der Waals surface area contributed by atoms with E-state index >= 15 is 0 Å². The smallest absolute Gasteiger partial charge is 0.291 e. The van der Waals surface area contributed by atoms with Crippen LogP contribution >= 0.6 is 22.9 Å². The maximum atomic E-state index is 14.1. The monoisotopic (exact) mass is 440 g/mol. The van der Waals surface area contributed by atoms with E-state index in [0.29, 0.717) is 20.1 Å². The van der Waals surface area contributed by atoms with Gasteiger partial charge in [-0.2, -0.15) is 5.26 Å². The molecule has 0 amide bonds. The van der Waals surface area contributed by atoms with E-state index in [1.165, 1.54) is 29.0 Å². The molecule has 9 heteroatoms. The van der Waals surface area contributed by atoms with Crippen LogP contribution in [0.5, 0.6) is 0 Å². The largest absolute Gasteiger partial charge is 0.336 e. The first-order valence-electron chi connectivity index (χ1n) is 8.95. The summed E-state index contributed by atoms with van der Waals surface area (Å²) >= 11 is 7.50. The van der Waals surface area contributed by atoms with Crippen molar-refractivity contribution in [2.45, 2.75) is 19.9 Å². The minimum absolute atomic E-state index is 0.0743. The molecule has 0 fully saturated rings. The van der Waals surface area contributed by atoms with Crippen LogP contribution < -0.4 is 11.2 Å². The Morgan fingerprint density at radius 3 is 2.77 bits per heavy atom. The third-order valence-corrected chi connectivity index (χ3v) is 6.25. The van der Waals surface area contributed by atoms with Crippen molar-refractivity contribution in [3.8, 4) is 22.2 Å². The van der Waals surface area contributed by atoms with E-state index in [9.17, 15) is 14.0 Å². The number of halogens is 2. The van der Waals surface area contributed by atoms with Gasteiger partial charge in [0.05, 0.1) is 36.1 Å². The zero-order valence-corrected chi connectivity index (χ0v) is 17.3. The van der Waals surface area contributed by atoms with Gasteiger partial charge in [-0.15, -0.1) is 11.3 Å². The maximum Gasteiger partial charge on any atom is 0.336 e. The molecule has 0 saturated carbocycles. The van der Waals surface area contributed by atoms with Crippen molar-refractivity contribution in [3.63, 3.8) is 0 Å². The third-order valence-electron chi connectivity index (χ3n) is 4.78. The van der Waals surface area contributed by atoms with Gasteiger partial charge in [-0.05, 0) is 19.1 Å². The molecule has 0 unspecified atom stereocenters. The van der Waals surface area contributed by atoms with Gasteiger partial charge in [0.15, 0.2) is 0 Å². The van der Waals surface area contributed by atoms with Gasteiger partial charge in [-0.3, -0.25) is 14.3 Å². The lowest BCUT2D eigenvalue weighted by Crippen LogP contribution is -2.39. The molecule has 4 rings (SSSR count). The lowest BCUT2D eigenvalue weighted by atomic mass is 10.2. The van der Waals surface area contributed by atoms with Crippen LogP contribution in [0.2, 0.25) is 5.02 Å². The summed E-state index contributed by atoms with van der Waals surface area (Å²) in [5.41, 5.74) is 0.139. The van der Waals surface area contributed by atoms with E-state index in [1.807, 2.05) is 18.2 Å². The van der Waals surface area contributed by atoms with Gasteiger partial charge >= 0.3 is 5.69 Å². The summed E-state index contributed by atoms with van der Waals surface area (Å²) in [6.07, 6.45) is 2.38. The van der Waals surface area contributed by atoms with E-state index in [0.717, 1.165) is 16.3 Å². The Bertz CT molecular complexity index is 1450. The second-order valence-corrected chi connectivity index (χ2v) is 8.01. The fourth-order valence-corrected chi connectivity index (χ4v) is 4.67. The lowest BCUT2D eigenvalue weighted by Gasteiger charge is -2.12. The Morgan fingerprint density at radius 1 is 1.27 bits per heavy atom. The van der Waals surface area contributed by atoms with Crippen LogP contribution in [0.4, 0.5) is 4.39 Å². The molecule has 0 bridgehead atoms. The second kappa shape index (κ2) is 7.86. The number of hydrogen-bond acceptors (Lipinski definition) is 5. The molecule has 0 N–H and O–H groups in total. The third kappa shape index (κ3) is 3.22. The van der Waals surface area contributed by atoms with Gasteiger partial charge in [0.1, 0.15) is 10.5 Å². The zero-order chi connectivity index (χ0) is 21.4. The van der Waals surface area contributed by atoms with Gasteiger partial charge in [0.2, 0.25) is 0 Å². The number of nitrogens with zero attached hydrogens (tertiary/aromatic N) is 4. The Morgan fingerprint density at radius 2 is 2.03 bits per heavy atom. The van der Waals surface area contributed by atoms with E-state index in [1.54, 1.807) is 18.2 Å². The summed E-state index contributed by atoms with van der Waals surface area (Å²) in [7, 11) is 0. The molecule has 0 aliphatic rings. The standard InChI is InChI=1S/C21H14ClFN4O2S/c1-12-15(23)10-25-11-17(12)27-20(28)19-16(26(21(27)29)8-4-7-24)9-18(30-19)13-5-2-3-6-14(13)22/h2-3,5-6,9-11H,4,8H2,1H3. The molecule has 0 saturated heterocycles. The molecule has 0 aliphatic carbocycles. The predicted molar refractivity (Wildman–Crippen MR) is 115 cm³/mol. The Kier molecular flexibility index (Phi) is 5.24. The molecule has 0 aliphatic heterocycles. The van der Waals surface area contributed by atoms with Crippen molar-refractivity contribution >= 4 is 33.2 Å². The number of fused-ring (bicyclic) bond motifs is 1. The lowest BCUT2D eigenvalue weighted by molar-refractivity contribution is 0.605. The molecule has 3 heterocycles. The Hall–Kier alpha value is -3.28. The molecule has 1 aromatic carbocycles. The van der Waals surface area contributed by atoms with Crippen molar-refractivity contribution in [1.82, 2.24) is 14.1 Å². The topological polar surface area (TPSA) is 80.7 Å². The Balaban J connectivity index is 2.09. The molecule has 150 valence electrons. The van der Waals surface area contributed by atoms with Crippen molar-refractivity contribution in [3.05, 3.63) is 80.0 Å². The number of rotatable bonds is 4. The van der Waals surface area contributed by atoms with Crippen LogP contribution in [0.1, 0.15) is 12.0 Å². The average molecular weight is 441 g/mol. The first kappa shape index (κ1) is 20.0. The molecule has 3 aromatic heterocycles. The van der Waals surface area contributed by atoms with Gasteiger partial charge < -0.3 is 0 Å². The number of hydrogen-bond donors (Lipinski definition) is 0. The van der Waals surface area contributed by atoms with Gasteiger partial charge in [0.25, 0.3) is 5.56 Å². The van der Waals surface area contributed by atoms with Crippen molar-refractivity contribution < 1.29 is 4.39 Å². The fourth-order valence-electron chi connectivity index (χ4n) is 3.25. The first-order valence-corrected chi connectivity index (χ1v) is 10.1. The molecule has 0 radical (unpaired) electrons. The van der Waals surface area contributed by atoms with E-state index in [4.69, 9.17) is 16.9 Å². The summed E-state index contributed by atoms with van der Waals surface area (Å²) < 4.78 is 16.7. The number of benzene rings is 1. The number of aryl methyl sites for hydroxylation is 1. The minimum Gasteiger partial charge on any atom is -0.291 e. The van der Waals surface area contributed by atoms with E-state index in [2.05, 4.69) is 4.98 Å². The molecule has 0 spiro atoms. The normalized spacial score (nSPS) is 11.0. The average Bonchev–Trinajstić information content (AvgIpc) is 3.17. The van der Waals surface area contributed by atoms with Crippen LogP contribution in [0.3, 0.4) is 0 Å². The molecule has 4 aromatic rings. The second-order valence-electron chi connectivity index (χ2n) is 6.55. The minimum atomic E-state index is -0.651. The van der Waals surface area contributed by atoms with Crippen LogP contribution in [0.15, 0.2) is 52.3 Å². The SMILES string of the molecule is Cc1c(F)cncc1-n1c(=O)c2sc(-c3ccccc3Cl)cc2n(CCC#N)c1=O. The highest BCUT2D eigenvalue weighted by Gasteiger charge is 2.20. The molecule has 30 heavy (non-hydrogen) atoms. The summed E-state index contributed by atoms with van der Waals surface area (Å²) in [4.78, 5) is 31.0. The van der Waals surface area contributed by atoms with E-state index in [-0.39, 0.29) is 24.2 Å². The number of aromatic nitrogens is 3. The number of nitriles is 1. The Labute approximate surface area is 179 Å². The molecular formula is C21H14ClFN4O2S. The van der Waals surface area contributed by atoms with Crippen LogP contribution in [0.25, 0.3) is 26.3 Å². The van der Waals surface area contributed by atoms with Crippen molar-refractivity contribution in [1.29, 1.82) is 5.26 Å². The van der Waals surface area contributed by atoms with Crippen molar-refractivity contribution in [2.75, 3.05) is 0 Å². The van der Waals surface area contributed by atoms with Gasteiger partial charge in [-0.25, -0.2) is 13.8 Å². The first-order chi connectivity index (χ1) is 14.4. The highest BCUT2D eigenvalue weighted by atomic mass is 35.5. The molecular weight excluding hydrogens is 427 g/mol. The van der Waals surface area contributed by atoms with Crippen LogP contribution in [-0.4, -0.2) is 14.1 Å². The summed E-state index contributed by atoms with van der Waals surface area (Å²) in [5.74, 6) is -0.620. The number of thiophene rings is 1. The van der Waals surface area contributed by atoms with Gasteiger partial charge in [0, 0.05) is 27.6 Å². The summed E-state index contributed by atoms with van der Waals surface area (Å²) in [6, 6.07) is 10.9. The summed E-state index contributed by atoms with van der Waals surface area (Å²) in [6.45, 7) is 1.57. The molecule has 6 nitrogen and oxygen atoms in total. The fraction of sp³-hybridized carbons (Fsp3) is 0.143. The predicted octanol–water partition coefficient (Wildman–Crippen LogP) is 4.29. The van der Waals surface area contributed by atoms with Crippen LogP contribution in [-0.2, 0) is 6.54 Å². The zero-order valence-electron chi connectivity index (χ0n) is 15.7. The van der Waals surface area contributed by atoms with Crippen LogP contribution in [0, 0.1) is 24.1 Å². The quantitative estimate of drug-likeness (QED) is 0.474.